The lowest BCUT2D eigenvalue weighted by Crippen LogP contribution is -2.52. The van der Waals surface area contributed by atoms with Crippen molar-refractivity contribution in [2.45, 2.75) is 59.5 Å². The van der Waals surface area contributed by atoms with Crippen molar-refractivity contribution in [3.05, 3.63) is 0 Å². The lowest BCUT2D eigenvalue weighted by atomic mass is 9.87. The number of hydrogen-bond donors (Lipinski definition) is 2. The summed E-state index contributed by atoms with van der Waals surface area (Å²) in [5, 5.41) is 3.37. The molecule has 0 aromatic heterocycles. The molecule has 1 rings (SSSR count). The summed E-state index contributed by atoms with van der Waals surface area (Å²) in [6.45, 7) is 11.9. The molecule has 0 bridgehead atoms. The maximum absolute atomic E-state index is 12.2. The molecular formula is C15H28N4O3. The van der Waals surface area contributed by atoms with Gasteiger partial charge in [0, 0.05) is 6.04 Å². The fourth-order valence-electron chi connectivity index (χ4n) is 2.21. The summed E-state index contributed by atoms with van der Waals surface area (Å²) in [7, 11) is 1.84. The number of likely N-dealkylation sites (N-methyl/N-ethyl adjacent to an activating group) is 1. The first-order valence-electron chi connectivity index (χ1n) is 7.59. The Bertz CT molecular complexity index is 472. The molecule has 1 saturated heterocycles. The number of nitrogens with one attached hydrogen (secondary N) is 2. The Morgan fingerprint density at radius 1 is 1.41 bits per heavy atom. The second-order valence-corrected chi connectivity index (χ2v) is 7.25. The van der Waals surface area contributed by atoms with E-state index in [9.17, 15) is 14.4 Å². The maximum Gasteiger partial charge on any atom is 0.344 e. The zero-order valence-electron chi connectivity index (χ0n) is 14.6. The van der Waals surface area contributed by atoms with Crippen LogP contribution < -0.4 is 10.7 Å². The highest BCUT2D eigenvalue weighted by molar-refractivity contribution is 6.07. The number of urea groups is 1. The molecule has 2 unspecified atom stereocenters. The minimum absolute atomic E-state index is 0.0245. The van der Waals surface area contributed by atoms with Gasteiger partial charge in [0.25, 0.3) is 11.8 Å². The van der Waals surface area contributed by atoms with Gasteiger partial charge in [0.1, 0.15) is 5.54 Å². The number of rotatable bonds is 5. The van der Waals surface area contributed by atoms with Gasteiger partial charge >= 0.3 is 6.03 Å². The van der Waals surface area contributed by atoms with Crippen LogP contribution in [0.3, 0.4) is 0 Å². The van der Waals surface area contributed by atoms with Gasteiger partial charge < -0.3 is 5.32 Å². The Hall–Kier alpha value is -1.63. The van der Waals surface area contributed by atoms with E-state index >= 15 is 0 Å². The first kappa shape index (κ1) is 18.4. The van der Waals surface area contributed by atoms with Gasteiger partial charge in [-0.15, -0.1) is 0 Å². The Labute approximate surface area is 132 Å². The van der Waals surface area contributed by atoms with E-state index in [-0.39, 0.29) is 23.9 Å². The molecule has 7 nitrogen and oxygen atoms in total. The monoisotopic (exact) mass is 312 g/mol. The van der Waals surface area contributed by atoms with Gasteiger partial charge in [-0.3, -0.25) is 19.9 Å². The van der Waals surface area contributed by atoms with Gasteiger partial charge in [0.2, 0.25) is 0 Å². The number of imide groups is 1. The number of amides is 4. The first-order chi connectivity index (χ1) is 9.92. The van der Waals surface area contributed by atoms with Crippen LogP contribution in [0.5, 0.6) is 0 Å². The van der Waals surface area contributed by atoms with Gasteiger partial charge in [-0.1, -0.05) is 27.7 Å². The molecule has 1 aliphatic rings. The summed E-state index contributed by atoms with van der Waals surface area (Å²) in [5.41, 5.74) is 1.47. The average Bonchev–Trinajstić information content (AvgIpc) is 2.61. The SMILES string of the molecule is CCC1(C)NC(=O)N(NC(=O)CN(C)C(C)C(C)(C)C)C1=O. The van der Waals surface area contributed by atoms with Gasteiger partial charge in [0.05, 0.1) is 6.54 Å². The molecule has 0 aliphatic carbocycles. The van der Waals surface area contributed by atoms with Crippen LogP contribution in [-0.2, 0) is 9.59 Å². The van der Waals surface area contributed by atoms with Crippen molar-refractivity contribution in [1.29, 1.82) is 0 Å². The summed E-state index contributed by atoms with van der Waals surface area (Å²) in [5.74, 6) is -0.817. The van der Waals surface area contributed by atoms with Crippen molar-refractivity contribution >= 4 is 17.8 Å². The van der Waals surface area contributed by atoms with E-state index in [2.05, 4.69) is 31.5 Å². The first-order valence-corrected chi connectivity index (χ1v) is 7.59. The number of hydrogen-bond acceptors (Lipinski definition) is 4. The summed E-state index contributed by atoms with van der Waals surface area (Å²) in [6, 6.07) is -0.420. The molecule has 0 spiro atoms. The van der Waals surface area contributed by atoms with Crippen LogP contribution in [0.4, 0.5) is 4.79 Å². The smallest absolute Gasteiger partial charge is 0.322 e. The molecule has 7 heteroatoms. The summed E-state index contributed by atoms with van der Waals surface area (Å²) in [6.07, 6.45) is 0.463. The molecule has 4 amide bonds. The number of nitrogens with zero attached hydrogens (tertiary/aromatic N) is 2. The number of carbonyl (C=O) groups is 3. The topological polar surface area (TPSA) is 81.8 Å². The van der Waals surface area contributed by atoms with E-state index < -0.39 is 17.5 Å². The summed E-state index contributed by atoms with van der Waals surface area (Å²) >= 11 is 0. The van der Waals surface area contributed by atoms with Crippen molar-refractivity contribution < 1.29 is 14.4 Å². The molecule has 1 fully saturated rings. The van der Waals surface area contributed by atoms with Crippen LogP contribution in [0.15, 0.2) is 0 Å². The summed E-state index contributed by atoms with van der Waals surface area (Å²) < 4.78 is 0. The van der Waals surface area contributed by atoms with Crippen LogP contribution in [0, 0.1) is 5.41 Å². The Kier molecular flexibility index (Phi) is 5.22. The minimum Gasteiger partial charge on any atom is -0.322 e. The quantitative estimate of drug-likeness (QED) is 0.745. The Balaban J connectivity index is 2.67. The van der Waals surface area contributed by atoms with Crippen molar-refractivity contribution in [3.63, 3.8) is 0 Å². The summed E-state index contributed by atoms with van der Waals surface area (Å²) in [4.78, 5) is 38.0. The number of carbonyl (C=O) groups excluding carboxylic acids is 3. The van der Waals surface area contributed by atoms with Gasteiger partial charge in [0.15, 0.2) is 0 Å². The average molecular weight is 312 g/mol. The van der Waals surface area contributed by atoms with Gasteiger partial charge in [-0.2, -0.15) is 5.01 Å². The van der Waals surface area contributed by atoms with Crippen LogP contribution in [0.2, 0.25) is 0 Å². The molecule has 126 valence electrons. The zero-order valence-corrected chi connectivity index (χ0v) is 14.6. The van der Waals surface area contributed by atoms with Crippen LogP contribution in [-0.4, -0.2) is 52.9 Å². The molecule has 1 aliphatic heterocycles. The van der Waals surface area contributed by atoms with Crippen LogP contribution >= 0.6 is 0 Å². The molecule has 1 heterocycles. The fourth-order valence-corrected chi connectivity index (χ4v) is 2.21. The van der Waals surface area contributed by atoms with Crippen LogP contribution in [0.1, 0.15) is 48.0 Å². The second-order valence-electron chi connectivity index (χ2n) is 7.25. The predicted octanol–water partition coefficient (Wildman–Crippen LogP) is 1.10. The lowest BCUT2D eigenvalue weighted by Gasteiger charge is -2.35. The van der Waals surface area contributed by atoms with E-state index in [0.29, 0.717) is 6.42 Å². The molecule has 0 aromatic rings. The minimum atomic E-state index is -0.949. The molecule has 2 N–H and O–H groups in total. The predicted molar refractivity (Wildman–Crippen MR) is 83.8 cm³/mol. The highest BCUT2D eigenvalue weighted by Gasteiger charge is 2.47. The third-order valence-electron chi connectivity index (χ3n) is 4.51. The molecule has 0 aromatic carbocycles. The van der Waals surface area contributed by atoms with Crippen molar-refractivity contribution in [3.8, 4) is 0 Å². The highest BCUT2D eigenvalue weighted by Crippen LogP contribution is 2.23. The zero-order chi connectivity index (χ0) is 17.3. The van der Waals surface area contributed by atoms with E-state index in [0.717, 1.165) is 5.01 Å². The van der Waals surface area contributed by atoms with Gasteiger partial charge in [-0.05, 0) is 32.7 Å². The third-order valence-corrected chi connectivity index (χ3v) is 4.51. The van der Waals surface area contributed by atoms with Gasteiger partial charge in [-0.25, -0.2) is 4.79 Å². The standard InChI is InChI=1S/C15H28N4O3/c1-8-15(6)12(21)19(13(22)16-15)17-11(20)9-18(7)10(2)14(3,4)5/h10H,8-9H2,1-7H3,(H,16,22)(H,17,20). The van der Waals surface area contributed by atoms with E-state index in [1.165, 1.54) is 0 Å². The maximum atomic E-state index is 12.2. The third kappa shape index (κ3) is 3.76. The lowest BCUT2D eigenvalue weighted by molar-refractivity contribution is -0.139. The highest BCUT2D eigenvalue weighted by atomic mass is 16.2. The molecule has 2 atom stereocenters. The molecular weight excluding hydrogens is 284 g/mol. The van der Waals surface area contributed by atoms with Crippen molar-refractivity contribution in [2.24, 2.45) is 5.41 Å². The van der Waals surface area contributed by atoms with Crippen molar-refractivity contribution in [2.75, 3.05) is 13.6 Å². The van der Waals surface area contributed by atoms with Crippen LogP contribution in [0.25, 0.3) is 0 Å². The van der Waals surface area contributed by atoms with E-state index in [4.69, 9.17) is 0 Å². The fraction of sp³-hybridized carbons (Fsp3) is 0.800. The molecule has 0 saturated carbocycles. The Morgan fingerprint density at radius 3 is 2.36 bits per heavy atom. The second kappa shape index (κ2) is 6.24. The Morgan fingerprint density at radius 2 is 1.95 bits per heavy atom. The van der Waals surface area contributed by atoms with E-state index in [1.807, 2.05) is 25.8 Å². The van der Waals surface area contributed by atoms with Crippen molar-refractivity contribution in [1.82, 2.24) is 20.7 Å². The largest absolute Gasteiger partial charge is 0.344 e. The normalized spacial score (nSPS) is 23.7. The molecule has 22 heavy (non-hydrogen) atoms. The number of hydrazine groups is 1. The van der Waals surface area contributed by atoms with E-state index in [1.54, 1.807) is 6.92 Å². The molecule has 0 radical (unpaired) electrons.